The summed E-state index contributed by atoms with van der Waals surface area (Å²) in [4.78, 5) is 0. The number of hydrogen-bond donors (Lipinski definition) is 0. The Hall–Kier alpha value is -0.970. The van der Waals surface area contributed by atoms with Gasteiger partial charge in [-0.05, 0) is 15.9 Å². The van der Waals surface area contributed by atoms with Crippen molar-refractivity contribution in [3.05, 3.63) is 22.6 Å². The van der Waals surface area contributed by atoms with E-state index >= 15 is 0 Å². The average Bonchev–Trinajstić information content (AvgIpc) is 2.41. The highest BCUT2D eigenvalue weighted by Gasteiger charge is 2.17. The quantitative estimate of drug-likeness (QED) is 0.724. The van der Waals surface area contributed by atoms with Crippen molar-refractivity contribution in [2.24, 2.45) is 0 Å². The number of rotatable bonds is 0. The smallest absolute Gasteiger partial charge is 0.178 e. The minimum Gasteiger partial charge on any atom is -0.218 e. The third kappa shape index (κ3) is 1.64. The molecule has 0 atom stereocenters. The summed E-state index contributed by atoms with van der Waals surface area (Å²) >= 11 is 3.30. The molecule has 0 amide bonds. The van der Waals surface area contributed by atoms with Crippen molar-refractivity contribution in [1.29, 1.82) is 0 Å². The molecule has 2 aromatic rings. The summed E-state index contributed by atoms with van der Waals surface area (Å²) in [7, 11) is 0. The van der Waals surface area contributed by atoms with Gasteiger partial charge < -0.3 is 0 Å². The van der Waals surface area contributed by atoms with E-state index in [-0.39, 0.29) is 5.41 Å². The van der Waals surface area contributed by atoms with Gasteiger partial charge in [-0.1, -0.05) is 20.8 Å². The first kappa shape index (κ1) is 9.58. The Balaban J connectivity index is 2.62. The molecule has 5 heteroatoms. The minimum absolute atomic E-state index is 0.000381. The van der Waals surface area contributed by atoms with Crippen molar-refractivity contribution >= 4 is 21.6 Å². The molecule has 0 saturated heterocycles. The Labute approximate surface area is 90.5 Å². The number of halogens is 1. The molecule has 4 nitrogen and oxygen atoms in total. The van der Waals surface area contributed by atoms with E-state index in [0.29, 0.717) is 0 Å². The van der Waals surface area contributed by atoms with E-state index in [9.17, 15) is 0 Å². The average molecular weight is 255 g/mol. The summed E-state index contributed by atoms with van der Waals surface area (Å²) in [6, 6.07) is 1.83. The number of fused-ring (bicyclic) bond motifs is 1. The number of aromatic nitrogens is 4. The van der Waals surface area contributed by atoms with E-state index in [4.69, 9.17) is 0 Å². The highest BCUT2D eigenvalue weighted by Crippen LogP contribution is 2.19. The second kappa shape index (κ2) is 3.02. The molecular weight excluding hydrogens is 244 g/mol. The zero-order valence-electron chi connectivity index (χ0n) is 8.32. The molecule has 0 aliphatic carbocycles. The Bertz CT molecular complexity index is 469. The fourth-order valence-electron chi connectivity index (χ4n) is 1.12. The van der Waals surface area contributed by atoms with E-state index in [1.165, 1.54) is 0 Å². The van der Waals surface area contributed by atoms with Crippen LogP contribution in [0.25, 0.3) is 5.65 Å². The summed E-state index contributed by atoms with van der Waals surface area (Å²) in [5.41, 5.74) is 1.69. The van der Waals surface area contributed by atoms with E-state index in [1.54, 1.807) is 4.52 Å². The van der Waals surface area contributed by atoms with Gasteiger partial charge in [0.2, 0.25) is 0 Å². The topological polar surface area (TPSA) is 43.1 Å². The van der Waals surface area contributed by atoms with Gasteiger partial charge in [-0.15, -0.1) is 5.10 Å². The maximum atomic E-state index is 4.22. The van der Waals surface area contributed by atoms with Crippen molar-refractivity contribution in [3.63, 3.8) is 0 Å². The standard InChI is InChI=1S/C9H11BrN4/c1-9(2,3)6-5-14-8(12-11-6)4-7(10)13-14/h4-5H,1-3H3. The van der Waals surface area contributed by atoms with E-state index in [1.807, 2.05) is 12.3 Å². The summed E-state index contributed by atoms with van der Waals surface area (Å²) in [5, 5.41) is 12.5. The predicted molar refractivity (Wildman–Crippen MR) is 57.2 cm³/mol. The molecular formula is C9H11BrN4. The molecule has 0 unspecified atom stereocenters. The SMILES string of the molecule is CC(C)(C)c1cn2nc(Br)cc2nn1. The van der Waals surface area contributed by atoms with Crippen molar-refractivity contribution in [3.8, 4) is 0 Å². The van der Waals surface area contributed by atoms with Gasteiger partial charge in [-0.3, -0.25) is 0 Å². The highest BCUT2D eigenvalue weighted by atomic mass is 79.9. The van der Waals surface area contributed by atoms with Gasteiger partial charge in [-0.25, -0.2) is 4.52 Å². The molecule has 0 aliphatic heterocycles. The predicted octanol–water partition coefficient (Wildman–Crippen LogP) is 2.18. The van der Waals surface area contributed by atoms with Gasteiger partial charge in [0.05, 0.1) is 11.9 Å². The zero-order chi connectivity index (χ0) is 10.3. The molecule has 0 radical (unpaired) electrons. The lowest BCUT2D eigenvalue weighted by Crippen LogP contribution is -2.15. The first-order chi connectivity index (χ1) is 6.47. The van der Waals surface area contributed by atoms with Crippen LogP contribution in [0.2, 0.25) is 0 Å². The highest BCUT2D eigenvalue weighted by molar-refractivity contribution is 9.10. The first-order valence-corrected chi connectivity index (χ1v) is 5.15. The van der Waals surface area contributed by atoms with E-state index in [0.717, 1.165) is 15.9 Å². The molecule has 14 heavy (non-hydrogen) atoms. The van der Waals surface area contributed by atoms with Gasteiger partial charge in [0, 0.05) is 11.5 Å². The molecule has 74 valence electrons. The molecule has 0 N–H and O–H groups in total. The van der Waals surface area contributed by atoms with Crippen molar-refractivity contribution in [2.75, 3.05) is 0 Å². The minimum atomic E-state index is -0.000381. The van der Waals surface area contributed by atoms with E-state index in [2.05, 4.69) is 52.0 Å². The van der Waals surface area contributed by atoms with Crippen LogP contribution in [-0.2, 0) is 5.41 Å². The van der Waals surface area contributed by atoms with Gasteiger partial charge >= 0.3 is 0 Å². The third-order valence-corrected chi connectivity index (χ3v) is 2.35. The van der Waals surface area contributed by atoms with Crippen LogP contribution < -0.4 is 0 Å². The summed E-state index contributed by atoms with van der Waals surface area (Å²) in [6.07, 6.45) is 1.91. The molecule has 0 aromatic carbocycles. The van der Waals surface area contributed by atoms with Gasteiger partial charge in [0.1, 0.15) is 4.60 Å². The lowest BCUT2D eigenvalue weighted by atomic mass is 9.93. The van der Waals surface area contributed by atoms with Crippen LogP contribution in [0.3, 0.4) is 0 Å². The molecule has 2 aromatic heterocycles. The van der Waals surface area contributed by atoms with Gasteiger partial charge in [-0.2, -0.15) is 10.2 Å². The lowest BCUT2D eigenvalue weighted by molar-refractivity contribution is 0.551. The Morgan fingerprint density at radius 1 is 1.29 bits per heavy atom. The fourth-order valence-corrected chi connectivity index (χ4v) is 1.49. The second-order valence-corrected chi connectivity index (χ2v) is 5.05. The van der Waals surface area contributed by atoms with Crippen molar-refractivity contribution in [1.82, 2.24) is 19.8 Å². The normalized spacial score (nSPS) is 12.3. The van der Waals surface area contributed by atoms with Crippen LogP contribution in [0.1, 0.15) is 26.5 Å². The van der Waals surface area contributed by atoms with Crippen LogP contribution in [0.5, 0.6) is 0 Å². The summed E-state index contributed by atoms with van der Waals surface area (Å²) < 4.78 is 2.51. The van der Waals surface area contributed by atoms with Crippen LogP contribution in [-0.4, -0.2) is 19.8 Å². The molecule has 0 bridgehead atoms. The summed E-state index contributed by atoms with van der Waals surface area (Å²) in [6.45, 7) is 6.30. The van der Waals surface area contributed by atoms with Crippen LogP contribution in [0.4, 0.5) is 0 Å². The van der Waals surface area contributed by atoms with Crippen LogP contribution in [0, 0.1) is 0 Å². The van der Waals surface area contributed by atoms with Crippen molar-refractivity contribution < 1.29 is 0 Å². The first-order valence-electron chi connectivity index (χ1n) is 4.36. The molecule has 0 saturated carbocycles. The fraction of sp³-hybridized carbons (Fsp3) is 0.444. The monoisotopic (exact) mass is 254 g/mol. The molecule has 2 rings (SSSR count). The summed E-state index contributed by atoms with van der Waals surface area (Å²) in [5.74, 6) is 0. The number of nitrogens with zero attached hydrogens (tertiary/aromatic N) is 4. The maximum Gasteiger partial charge on any atom is 0.178 e. The third-order valence-electron chi connectivity index (χ3n) is 1.96. The Kier molecular flexibility index (Phi) is 2.06. The van der Waals surface area contributed by atoms with E-state index < -0.39 is 0 Å². The van der Waals surface area contributed by atoms with Crippen LogP contribution >= 0.6 is 15.9 Å². The molecule has 0 aliphatic rings. The Morgan fingerprint density at radius 3 is 2.64 bits per heavy atom. The van der Waals surface area contributed by atoms with Crippen LogP contribution in [0.15, 0.2) is 16.9 Å². The zero-order valence-corrected chi connectivity index (χ0v) is 9.91. The molecule has 0 fully saturated rings. The molecule has 0 spiro atoms. The number of hydrogen-bond acceptors (Lipinski definition) is 3. The van der Waals surface area contributed by atoms with Gasteiger partial charge in [0.25, 0.3) is 0 Å². The largest absolute Gasteiger partial charge is 0.218 e. The van der Waals surface area contributed by atoms with Gasteiger partial charge in [0.15, 0.2) is 5.65 Å². The second-order valence-electron chi connectivity index (χ2n) is 4.23. The van der Waals surface area contributed by atoms with Crippen molar-refractivity contribution in [2.45, 2.75) is 26.2 Å². The maximum absolute atomic E-state index is 4.22. The molecule has 2 heterocycles. The Morgan fingerprint density at radius 2 is 2.00 bits per heavy atom. The lowest BCUT2D eigenvalue weighted by Gasteiger charge is -2.15.